The molecule has 1 N–H and O–H groups in total. The van der Waals surface area contributed by atoms with Crippen LogP contribution in [-0.4, -0.2) is 6.61 Å². The van der Waals surface area contributed by atoms with E-state index in [4.69, 9.17) is 16.9 Å². The third-order valence-electron chi connectivity index (χ3n) is 1.18. The molecule has 2 nitrogen and oxygen atoms in total. The Bertz CT molecular complexity index is 258. The number of terminal acetylenes is 1. The largest absolute Gasteiger partial charge is 0.481 e. The lowest BCUT2D eigenvalue weighted by Gasteiger charge is -2.00. The molecule has 0 saturated carbocycles. The molecule has 1 rings (SSSR count). The van der Waals surface area contributed by atoms with Crippen molar-refractivity contribution < 1.29 is 4.74 Å². The molecule has 1 radical (unpaired) electrons. The van der Waals surface area contributed by atoms with E-state index >= 15 is 0 Å². The molecule has 0 amide bonds. The minimum absolute atomic E-state index is 0.275. The fourth-order valence-electron chi connectivity index (χ4n) is 0.676. The van der Waals surface area contributed by atoms with Crippen LogP contribution in [0.1, 0.15) is 0 Å². The van der Waals surface area contributed by atoms with Gasteiger partial charge in [-0.2, -0.15) is 0 Å². The van der Waals surface area contributed by atoms with Crippen LogP contribution < -0.4 is 10.5 Å². The number of hydrogen-bond acceptors (Lipinski definition) is 1. The van der Waals surface area contributed by atoms with Crippen LogP contribution >= 0.6 is 0 Å². The molecule has 11 heavy (non-hydrogen) atoms. The monoisotopic (exact) mass is 146 g/mol. The summed E-state index contributed by atoms with van der Waals surface area (Å²) in [5.41, 5.74) is 7.64. The van der Waals surface area contributed by atoms with Gasteiger partial charge in [0.05, 0.1) is 5.69 Å². The lowest BCUT2D eigenvalue weighted by molar-refractivity contribution is 0.370. The highest BCUT2D eigenvalue weighted by molar-refractivity contribution is 5.38. The summed E-state index contributed by atoms with van der Waals surface area (Å²) in [5.74, 6) is 3.07. The molecule has 0 saturated heterocycles. The Morgan fingerprint density at radius 3 is 2.55 bits per heavy atom. The van der Waals surface area contributed by atoms with Gasteiger partial charge in [0.15, 0.2) is 0 Å². The molecule has 0 aliphatic heterocycles. The van der Waals surface area contributed by atoms with E-state index in [-0.39, 0.29) is 6.61 Å². The van der Waals surface area contributed by atoms with E-state index in [1.165, 1.54) is 0 Å². The van der Waals surface area contributed by atoms with Crippen LogP contribution in [0.3, 0.4) is 0 Å². The molecule has 0 unspecified atom stereocenters. The summed E-state index contributed by atoms with van der Waals surface area (Å²) in [6.07, 6.45) is 4.99. The molecule has 1 aromatic carbocycles. The van der Waals surface area contributed by atoms with E-state index < -0.39 is 0 Å². The predicted octanol–water partition coefficient (Wildman–Crippen LogP) is 1.61. The Kier molecular flexibility index (Phi) is 2.40. The number of ether oxygens (including phenoxy) is 1. The summed E-state index contributed by atoms with van der Waals surface area (Å²) in [7, 11) is 0. The molecule has 0 atom stereocenters. The molecule has 2 heteroatoms. The maximum atomic E-state index is 7.17. The number of hydrogen-bond donors (Lipinski definition) is 0. The fourth-order valence-corrected chi connectivity index (χ4v) is 0.676. The molecule has 0 bridgehead atoms. The summed E-state index contributed by atoms with van der Waals surface area (Å²) in [6, 6.07) is 6.76. The maximum absolute atomic E-state index is 7.17. The first-order chi connectivity index (χ1) is 5.33. The van der Waals surface area contributed by atoms with E-state index in [0.717, 1.165) is 0 Å². The van der Waals surface area contributed by atoms with Gasteiger partial charge in [-0.25, -0.2) is 0 Å². The Balaban J connectivity index is 2.60. The van der Waals surface area contributed by atoms with Crippen molar-refractivity contribution in [2.24, 2.45) is 0 Å². The summed E-state index contributed by atoms with van der Waals surface area (Å²) in [6.45, 7) is 0.275. The first-order valence-electron chi connectivity index (χ1n) is 3.21. The molecule has 1 aromatic rings. The minimum atomic E-state index is 0.275. The molecule has 0 fully saturated rings. The Labute approximate surface area is 66.0 Å². The Hall–Kier alpha value is -1.62. The van der Waals surface area contributed by atoms with Crippen molar-refractivity contribution in [3.63, 3.8) is 0 Å². The summed E-state index contributed by atoms with van der Waals surface area (Å²) >= 11 is 0. The zero-order valence-electron chi connectivity index (χ0n) is 6.00. The highest BCUT2D eigenvalue weighted by Gasteiger charge is 1.89. The Morgan fingerprint density at radius 1 is 1.36 bits per heavy atom. The second kappa shape index (κ2) is 3.52. The first-order valence-corrected chi connectivity index (χ1v) is 3.21. The average Bonchev–Trinajstić information content (AvgIpc) is 2.04. The van der Waals surface area contributed by atoms with E-state index in [1.54, 1.807) is 24.3 Å². The van der Waals surface area contributed by atoms with E-state index in [1.807, 2.05) is 0 Å². The van der Waals surface area contributed by atoms with Crippen LogP contribution in [0, 0.1) is 12.3 Å². The van der Waals surface area contributed by atoms with Gasteiger partial charge in [-0.1, -0.05) is 5.92 Å². The first kappa shape index (κ1) is 7.49. The third kappa shape index (κ3) is 2.23. The van der Waals surface area contributed by atoms with Crippen LogP contribution in [0.15, 0.2) is 24.3 Å². The predicted molar refractivity (Wildman–Crippen MR) is 43.5 cm³/mol. The van der Waals surface area contributed by atoms with E-state index in [2.05, 4.69) is 5.92 Å². The van der Waals surface area contributed by atoms with Crippen LogP contribution in [0.4, 0.5) is 5.69 Å². The third-order valence-corrected chi connectivity index (χ3v) is 1.18. The molecule has 0 aromatic heterocycles. The Morgan fingerprint density at radius 2 is 2.00 bits per heavy atom. The lowest BCUT2D eigenvalue weighted by atomic mass is 10.3. The molecule has 55 valence electrons. The van der Waals surface area contributed by atoms with Gasteiger partial charge in [0.1, 0.15) is 12.4 Å². The van der Waals surface area contributed by atoms with Crippen LogP contribution in [0.5, 0.6) is 5.75 Å². The molecule has 0 heterocycles. The van der Waals surface area contributed by atoms with Gasteiger partial charge < -0.3 is 10.5 Å². The van der Waals surface area contributed by atoms with Gasteiger partial charge in [0.25, 0.3) is 0 Å². The lowest BCUT2D eigenvalue weighted by Crippen LogP contribution is -1.92. The zero-order valence-corrected chi connectivity index (χ0v) is 6.00. The maximum Gasteiger partial charge on any atom is 0.148 e. The van der Waals surface area contributed by atoms with Gasteiger partial charge in [0, 0.05) is 0 Å². The summed E-state index contributed by atoms with van der Waals surface area (Å²) in [5, 5.41) is 0. The number of nitrogens with one attached hydrogen (secondary N) is 1. The highest BCUT2D eigenvalue weighted by atomic mass is 16.5. The second-order valence-electron chi connectivity index (χ2n) is 2.02. The normalized spacial score (nSPS) is 8.64. The van der Waals surface area contributed by atoms with Crippen LogP contribution in [-0.2, 0) is 0 Å². The van der Waals surface area contributed by atoms with Gasteiger partial charge in [-0.3, -0.25) is 0 Å². The van der Waals surface area contributed by atoms with E-state index in [9.17, 15) is 0 Å². The quantitative estimate of drug-likeness (QED) is 0.583. The molecular formula is C9H8NO. The molecular weight excluding hydrogens is 138 g/mol. The van der Waals surface area contributed by atoms with Crippen molar-refractivity contribution in [3.05, 3.63) is 24.3 Å². The van der Waals surface area contributed by atoms with Crippen LogP contribution in [0.2, 0.25) is 0 Å². The van der Waals surface area contributed by atoms with Gasteiger partial charge in [-0.05, 0) is 24.3 Å². The number of benzene rings is 1. The van der Waals surface area contributed by atoms with Crippen molar-refractivity contribution in [3.8, 4) is 18.1 Å². The zero-order chi connectivity index (χ0) is 8.10. The number of rotatable bonds is 2. The minimum Gasteiger partial charge on any atom is -0.481 e. The second-order valence-corrected chi connectivity index (χ2v) is 2.02. The topological polar surface area (TPSA) is 33.0 Å². The van der Waals surface area contributed by atoms with Gasteiger partial charge in [0.2, 0.25) is 0 Å². The van der Waals surface area contributed by atoms with Gasteiger partial charge >= 0.3 is 0 Å². The summed E-state index contributed by atoms with van der Waals surface area (Å²) in [4.78, 5) is 0. The standard InChI is InChI=1S/C9H8NO/c1-2-7-11-9-5-3-8(10)4-6-9/h1,3-6,10H,7H2. The van der Waals surface area contributed by atoms with Crippen molar-refractivity contribution in [2.45, 2.75) is 0 Å². The smallest absolute Gasteiger partial charge is 0.148 e. The fraction of sp³-hybridized carbons (Fsp3) is 0.111. The molecule has 0 aliphatic carbocycles. The van der Waals surface area contributed by atoms with Crippen molar-refractivity contribution in [1.82, 2.24) is 5.73 Å². The molecule has 0 spiro atoms. The van der Waals surface area contributed by atoms with Crippen molar-refractivity contribution in [1.29, 1.82) is 0 Å². The molecule has 0 aliphatic rings. The SMILES string of the molecule is C#CCOc1ccc([NH])cc1. The highest BCUT2D eigenvalue weighted by Crippen LogP contribution is 2.13. The van der Waals surface area contributed by atoms with Gasteiger partial charge in [-0.15, -0.1) is 6.42 Å². The van der Waals surface area contributed by atoms with E-state index in [0.29, 0.717) is 11.4 Å². The summed E-state index contributed by atoms with van der Waals surface area (Å²) < 4.78 is 5.09. The average molecular weight is 146 g/mol. The van der Waals surface area contributed by atoms with Crippen molar-refractivity contribution >= 4 is 5.69 Å². The van der Waals surface area contributed by atoms with Crippen LogP contribution in [0.25, 0.3) is 0 Å². The van der Waals surface area contributed by atoms with Crippen molar-refractivity contribution in [2.75, 3.05) is 6.61 Å².